The van der Waals surface area contributed by atoms with Gasteiger partial charge in [-0.25, -0.2) is 9.97 Å². The molecule has 4 heterocycles. The average Bonchev–Trinajstić information content (AvgIpc) is 4.13. The fraction of sp³-hybridized carbons (Fsp3) is 0. The molecule has 14 aromatic rings. The summed E-state index contributed by atoms with van der Waals surface area (Å²) in [6, 6.07) is 85.6. The smallest absolute Gasteiger partial charge is 0.160 e. The minimum absolute atomic E-state index is 0.533. The van der Waals surface area contributed by atoms with Crippen LogP contribution < -0.4 is 0 Å². The maximum Gasteiger partial charge on any atom is 0.160 e. The molecule has 75 heavy (non-hydrogen) atoms. The number of hydrogen-bond acceptors (Lipinski definition) is 5. The highest BCUT2D eigenvalue weighted by atomic mass is 15.0. The highest BCUT2D eigenvalue weighted by Gasteiger charge is 2.21. The second-order valence-electron chi connectivity index (χ2n) is 18.7. The van der Waals surface area contributed by atoms with E-state index in [1.807, 2.05) is 97.1 Å². The first-order chi connectivity index (χ1) is 37.0. The summed E-state index contributed by atoms with van der Waals surface area (Å²) in [6.45, 7) is 0. The van der Waals surface area contributed by atoms with Gasteiger partial charge in [-0.2, -0.15) is 15.8 Å². The summed E-state index contributed by atoms with van der Waals surface area (Å²) >= 11 is 0. The Kier molecular flexibility index (Phi) is 9.85. The van der Waals surface area contributed by atoms with Crippen LogP contribution in [0.15, 0.2) is 231 Å². The van der Waals surface area contributed by atoms with Gasteiger partial charge in [0.25, 0.3) is 0 Å². The summed E-state index contributed by atoms with van der Waals surface area (Å²) in [6.07, 6.45) is 0. The fourth-order valence-corrected chi connectivity index (χ4v) is 11.1. The van der Waals surface area contributed by atoms with Crippen molar-refractivity contribution in [2.24, 2.45) is 0 Å². The molecule has 0 aliphatic heterocycles. The molecule has 0 atom stereocenters. The molecule has 0 spiro atoms. The molecule has 4 aromatic heterocycles. The van der Waals surface area contributed by atoms with Gasteiger partial charge in [0, 0.05) is 60.4 Å². The Labute approximate surface area is 430 Å². The van der Waals surface area contributed by atoms with Crippen molar-refractivity contribution in [1.82, 2.24) is 23.7 Å². The van der Waals surface area contributed by atoms with Gasteiger partial charge in [0.05, 0.1) is 79.0 Å². The lowest BCUT2D eigenvalue weighted by atomic mass is 9.99. The Hall–Kier alpha value is -10.9. The normalized spacial score (nSPS) is 11.4. The highest BCUT2D eigenvalue weighted by molar-refractivity contribution is 6.14. The van der Waals surface area contributed by atoms with E-state index in [9.17, 15) is 15.8 Å². The molecule has 0 saturated carbocycles. The minimum atomic E-state index is 0.533. The SMILES string of the molecule is N#Cc1ccc2c(c1)c1cc(C#N)ccc1n2-c1ccc2c(c1)c1cc(-n3c4ccccc4c4ccccc43)ccc1n2-c1ccc(-c2ccc(-c3cc(-c4ccccc4)nc(-c4ccccc4)n3)cc2)cc1C#N. The Morgan fingerprint density at radius 2 is 0.720 bits per heavy atom. The summed E-state index contributed by atoms with van der Waals surface area (Å²) < 4.78 is 6.76. The Morgan fingerprint density at radius 1 is 0.293 bits per heavy atom. The van der Waals surface area contributed by atoms with E-state index in [0.29, 0.717) is 22.5 Å². The lowest BCUT2D eigenvalue weighted by Gasteiger charge is -2.13. The zero-order valence-electron chi connectivity index (χ0n) is 40.0. The zero-order chi connectivity index (χ0) is 50.1. The topological polar surface area (TPSA) is 112 Å². The first kappa shape index (κ1) is 43.0. The monoisotopic (exact) mass is 954 g/mol. The quantitative estimate of drug-likeness (QED) is 0.158. The van der Waals surface area contributed by atoms with E-state index in [4.69, 9.17) is 9.97 Å². The van der Waals surface area contributed by atoms with Gasteiger partial charge in [-0.15, -0.1) is 0 Å². The molecule has 0 saturated heterocycles. The number of para-hydroxylation sites is 2. The van der Waals surface area contributed by atoms with Gasteiger partial charge in [-0.1, -0.05) is 127 Å². The third-order valence-electron chi connectivity index (χ3n) is 14.6. The summed E-state index contributed by atoms with van der Waals surface area (Å²) in [7, 11) is 0. The van der Waals surface area contributed by atoms with Crippen LogP contribution in [0.3, 0.4) is 0 Å². The number of nitrogens with zero attached hydrogens (tertiary/aromatic N) is 8. The molecule has 14 rings (SSSR count). The number of fused-ring (bicyclic) bond motifs is 9. The van der Waals surface area contributed by atoms with E-state index in [0.717, 1.165) is 111 Å². The van der Waals surface area contributed by atoms with E-state index >= 15 is 0 Å². The van der Waals surface area contributed by atoms with Crippen molar-refractivity contribution < 1.29 is 0 Å². The molecule has 0 bridgehead atoms. The molecule has 10 aromatic carbocycles. The van der Waals surface area contributed by atoms with Crippen LogP contribution in [0.2, 0.25) is 0 Å². The van der Waals surface area contributed by atoms with Crippen LogP contribution in [0.25, 0.3) is 128 Å². The standard InChI is InChI=1S/C67H38N8/c68-39-42-19-28-63-54(33-42)55-34-43(40-69)20-29-64(55)74(63)51-27-32-66-57(37-51)56-36-50(73-61-17-9-7-15-52(61)53-16-8-10-18-62(53)73)26-31-65(56)75(66)60-30-25-48(35-49(60)41-70)44-21-23-46(24-22-44)59-38-58(45-11-3-1-4-12-45)71-67(72-59)47-13-5-2-6-14-47/h1-38H. The maximum atomic E-state index is 11.1. The molecular formula is C67H38N8. The lowest BCUT2D eigenvalue weighted by molar-refractivity contribution is 1.15. The first-order valence-corrected chi connectivity index (χ1v) is 24.6. The number of nitriles is 3. The summed E-state index contributed by atoms with van der Waals surface area (Å²) in [5.74, 6) is 0.659. The highest BCUT2D eigenvalue weighted by Crippen LogP contribution is 2.41. The van der Waals surface area contributed by atoms with Crippen molar-refractivity contribution >= 4 is 65.4 Å². The van der Waals surface area contributed by atoms with E-state index in [1.54, 1.807) is 0 Å². The van der Waals surface area contributed by atoms with Crippen LogP contribution in [0.5, 0.6) is 0 Å². The number of hydrogen-bond donors (Lipinski definition) is 0. The van der Waals surface area contributed by atoms with Crippen LogP contribution in [0.1, 0.15) is 16.7 Å². The maximum absolute atomic E-state index is 11.1. The Morgan fingerprint density at radius 3 is 1.25 bits per heavy atom. The Bertz CT molecular complexity index is 4610. The number of aromatic nitrogens is 5. The van der Waals surface area contributed by atoms with E-state index in [-0.39, 0.29) is 0 Å². The molecule has 0 radical (unpaired) electrons. The van der Waals surface area contributed by atoms with Crippen molar-refractivity contribution in [3.8, 4) is 80.3 Å². The summed E-state index contributed by atoms with van der Waals surface area (Å²) in [5, 5.41) is 37.1. The first-order valence-electron chi connectivity index (χ1n) is 24.6. The van der Waals surface area contributed by atoms with Gasteiger partial charge in [-0.05, 0) is 114 Å². The molecule has 0 fully saturated rings. The van der Waals surface area contributed by atoms with Gasteiger partial charge in [-0.3, -0.25) is 0 Å². The van der Waals surface area contributed by atoms with Gasteiger partial charge >= 0.3 is 0 Å². The van der Waals surface area contributed by atoms with Crippen molar-refractivity contribution in [3.05, 3.63) is 247 Å². The third-order valence-corrected chi connectivity index (χ3v) is 14.6. The third kappa shape index (κ3) is 6.96. The van der Waals surface area contributed by atoms with Crippen LogP contribution >= 0.6 is 0 Å². The van der Waals surface area contributed by atoms with Gasteiger partial charge in [0.15, 0.2) is 5.82 Å². The predicted octanol–water partition coefficient (Wildman–Crippen LogP) is 16.1. The van der Waals surface area contributed by atoms with Gasteiger partial charge in [0.2, 0.25) is 0 Å². The van der Waals surface area contributed by atoms with E-state index in [1.165, 1.54) is 10.8 Å². The second-order valence-corrected chi connectivity index (χ2v) is 18.7. The molecule has 0 aliphatic rings. The van der Waals surface area contributed by atoms with E-state index < -0.39 is 0 Å². The molecule has 346 valence electrons. The van der Waals surface area contributed by atoms with Crippen molar-refractivity contribution in [2.45, 2.75) is 0 Å². The molecule has 8 heteroatoms. The molecule has 0 N–H and O–H groups in total. The van der Waals surface area contributed by atoms with Crippen LogP contribution in [-0.4, -0.2) is 23.7 Å². The predicted molar refractivity (Wildman–Crippen MR) is 301 cm³/mol. The number of rotatable bonds is 7. The summed E-state index contributed by atoms with van der Waals surface area (Å²) in [4.78, 5) is 10.0. The number of benzene rings is 10. The van der Waals surface area contributed by atoms with Crippen LogP contribution in [-0.2, 0) is 0 Å². The lowest BCUT2D eigenvalue weighted by Crippen LogP contribution is -1.99. The summed E-state index contributed by atoms with van der Waals surface area (Å²) in [5.41, 5.74) is 16.8. The van der Waals surface area contributed by atoms with Crippen LogP contribution in [0.4, 0.5) is 0 Å². The zero-order valence-corrected chi connectivity index (χ0v) is 40.0. The molecule has 0 aliphatic carbocycles. The van der Waals surface area contributed by atoms with Gasteiger partial charge < -0.3 is 13.7 Å². The van der Waals surface area contributed by atoms with E-state index in [2.05, 4.69) is 165 Å². The largest absolute Gasteiger partial charge is 0.309 e. The second kappa shape index (κ2) is 17.2. The molecule has 0 amide bonds. The average molecular weight is 955 g/mol. The van der Waals surface area contributed by atoms with Crippen molar-refractivity contribution in [1.29, 1.82) is 15.8 Å². The van der Waals surface area contributed by atoms with Crippen molar-refractivity contribution in [3.63, 3.8) is 0 Å². The van der Waals surface area contributed by atoms with Crippen molar-refractivity contribution in [2.75, 3.05) is 0 Å². The minimum Gasteiger partial charge on any atom is -0.309 e. The van der Waals surface area contributed by atoms with Gasteiger partial charge in [0.1, 0.15) is 6.07 Å². The molecule has 8 nitrogen and oxygen atoms in total. The fourth-order valence-electron chi connectivity index (χ4n) is 11.1. The van der Waals surface area contributed by atoms with Crippen LogP contribution in [0, 0.1) is 34.0 Å². The Balaban J connectivity index is 0.927. The molecular weight excluding hydrogens is 917 g/mol. The molecule has 0 unspecified atom stereocenters.